The Morgan fingerprint density at radius 3 is 2.15 bits per heavy atom. The van der Waals surface area contributed by atoms with Crippen LogP contribution in [0.5, 0.6) is 0 Å². The van der Waals surface area contributed by atoms with Crippen molar-refractivity contribution in [1.82, 2.24) is 15.1 Å². The van der Waals surface area contributed by atoms with Crippen LogP contribution in [0.4, 0.5) is 17.6 Å². The van der Waals surface area contributed by atoms with Crippen LogP contribution >= 0.6 is 11.6 Å². The second kappa shape index (κ2) is 6.69. The lowest BCUT2D eigenvalue weighted by atomic mass is 9.54. The number of hydrogen-bond donors (Lipinski definition) is 1. The number of rotatable bonds is 5. The summed E-state index contributed by atoms with van der Waals surface area (Å²) >= 11 is 5.62. The van der Waals surface area contributed by atoms with Gasteiger partial charge in [0.1, 0.15) is 17.9 Å². The molecule has 4 fully saturated rings. The number of carbonyl (C=O) groups is 1. The molecule has 4 aliphatic carbocycles. The summed E-state index contributed by atoms with van der Waals surface area (Å²) in [6.45, 7) is -0.533. The Kier molecular flexibility index (Phi) is 4.65. The Labute approximate surface area is 153 Å². The Morgan fingerprint density at radius 2 is 1.65 bits per heavy atom. The van der Waals surface area contributed by atoms with Crippen molar-refractivity contribution < 1.29 is 22.4 Å². The smallest absolute Gasteiger partial charge is 0.283 e. The molecule has 0 atom stereocenters. The van der Waals surface area contributed by atoms with Crippen LogP contribution in [0.15, 0.2) is 0 Å². The highest BCUT2D eigenvalue weighted by Crippen LogP contribution is 2.53. The number of aromatic nitrogens is 2. The molecule has 1 aromatic rings. The van der Waals surface area contributed by atoms with E-state index in [-0.39, 0.29) is 6.04 Å². The normalized spacial score (nSPS) is 32.7. The monoisotopic (exact) mass is 393 g/mol. The summed E-state index contributed by atoms with van der Waals surface area (Å²) in [5, 5.41) is 5.64. The van der Waals surface area contributed by atoms with Gasteiger partial charge in [-0.1, -0.05) is 11.6 Å². The molecule has 5 rings (SSSR count). The fourth-order valence-electron chi connectivity index (χ4n) is 5.47. The molecular weight excluding hydrogens is 374 g/mol. The van der Waals surface area contributed by atoms with Crippen LogP contribution in [0.3, 0.4) is 0 Å². The molecule has 0 aliphatic heterocycles. The summed E-state index contributed by atoms with van der Waals surface area (Å²) in [4.78, 5) is 12.4. The number of amides is 1. The molecule has 0 unspecified atom stereocenters. The second-order valence-electron chi connectivity index (χ2n) is 7.87. The molecule has 0 aromatic carbocycles. The summed E-state index contributed by atoms with van der Waals surface area (Å²) in [6.07, 6.45) is -0.474. The van der Waals surface area contributed by atoms with Crippen molar-refractivity contribution in [3.05, 3.63) is 16.4 Å². The van der Waals surface area contributed by atoms with Gasteiger partial charge in [-0.25, -0.2) is 17.6 Å². The van der Waals surface area contributed by atoms with Crippen molar-refractivity contribution in [3.8, 4) is 0 Å². The first kappa shape index (κ1) is 18.1. The molecular formula is C17H20ClF4N3O. The van der Waals surface area contributed by atoms with Gasteiger partial charge in [0.2, 0.25) is 5.91 Å². The maximum absolute atomic E-state index is 13.2. The lowest BCUT2D eigenvalue weighted by molar-refractivity contribution is -0.125. The molecule has 4 saturated carbocycles. The minimum absolute atomic E-state index is 0.0471. The number of nitrogens with one attached hydrogen (secondary N) is 1. The molecule has 1 amide bonds. The first-order chi connectivity index (χ1) is 12.3. The Balaban J connectivity index is 1.48. The van der Waals surface area contributed by atoms with E-state index in [1.54, 1.807) is 0 Å². The number of carbonyl (C=O) groups excluding carboxylic acids is 1. The molecule has 0 radical (unpaired) electrons. The van der Waals surface area contributed by atoms with Gasteiger partial charge in [0.05, 0.1) is 5.02 Å². The van der Waals surface area contributed by atoms with Gasteiger partial charge in [-0.15, -0.1) is 0 Å². The lowest BCUT2D eigenvalue weighted by Crippen LogP contribution is -2.56. The predicted molar refractivity (Wildman–Crippen MR) is 86.1 cm³/mol. The number of nitrogens with zero attached hydrogens (tertiary/aromatic N) is 2. The van der Waals surface area contributed by atoms with Crippen molar-refractivity contribution >= 4 is 17.5 Å². The third kappa shape index (κ3) is 3.10. The number of halogens is 5. The van der Waals surface area contributed by atoms with E-state index in [9.17, 15) is 22.4 Å². The van der Waals surface area contributed by atoms with Gasteiger partial charge in [0.15, 0.2) is 0 Å². The van der Waals surface area contributed by atoms with Gasteiger partial charge >= 0.3 is 0 Å². The zero-order chi connectivity index (χ0) is 18.6. The van der Waals surface area contributed by atoms with Crippen LogP contribution in [-0.2, 0) is 11.3 Å². The molecule has 1 aromatic heterocycles. The maximum atomic E-state index is 13.2. The van der Waals surface area contributed by atoms with E-state index in [1.807, 2.05) is 0 Å². The van der Waals surface area contributed by atoms with Crippen molar-refractivity contribution in [2.24, 2.45) is 23.7 Å². The van der Waals surface area contributed by atoms with Gasteiger partial charge in [-0.05, 0) is 55.8 Å². The number of alkyl halides is 4. The zero-order valence-electron chi connectivity index (χ0n) is 14.0. The van der Waals surface area contributed by atoms with Crippen molar-refractivity contribution in [3.63, 3.8) is 0 Å². The second-order valence-corrected chi connectivity index (χ2v) is 8.25. The molecule has 4 aliphatic rings. The van der Waals surface area contributed by atoms with Gasteiger partial charge in [0.25, 0.3) is 12.9 Å². The summed E-state index contributed by atoms with van der Waals surface area (Å²) in [5.74, 6) is 1.87. The molecule has 9 heteroatoms. The van der Waals surface area contributed by atoms with Crippen LogP contribution in [0.25, 0.3) is 0 Å². The zero-order valence-corrected chi connectivity index (χ0v) is 14.7. The van der Waals surface area contributed by atoms with Crippen molar-refractivity contribution in [2.45, 2.75) is 57.5 Å². The van der Waals surface area contributed by atoms with Crippen LogP contribution < -0.4 is 5.32 Å². The molecule has 4 bridgehead atoms. The highest BCUT2D eigenvalue weighted by molar-refractivity contribution is 6.32. The summed E-state index contributed by atoms with van der Waals surface area (Å²) < 4.78 is 52.8. The third-order valence-electron chi connectivity index (χ3n) is 6.22. The third-order valence-corrected chi connectivity index (χ3v) is 6.60. The maximum Gasteiger partial charge on any atom is 0.283 e. The average molecular weight is 394 g/mol. The van der Waals surface area contributed by atoms with Crippen molar-refractivity contribution in [2.75, 3.05) is 0 Å². The Hall–Kier alpha value is -1.31. The van der Waals surface area contributed by atoms with E-state index >= 15 is 0 Å². The van der Waals surface area contributed by atoms with Crippen LogP contribution in [-0.4, -0.2) is 21.7 Å². The summed E-state index contributed by atoms with van der Waals surface area (Å²) in [6, 6.07) is 0.0471. The van der Waals surface area contributed by atoms with E-state index in [0.29, 0.717) is 16.5 Å². The van der Waals surface area contributed by atoms with Crippen LogP contribution in [0.1, 0.15) is 56.3 Å². The van der Waals surface area contributed by atoms with E-state index in [1.165, 1.54) is 6.42 Å². The van der Waals surface area contributed by atoms with Crippen LogP contribution in [0, 0.1) is 23.7 Å². The average Bonchev–Trinajstić information content (AvgIpc) is 2.86. The SMILES string of the molecule is O=C(Cn1nc(C(F)F)c(Cl)c1C(F)F)NC1C2CC3CC(C2)CC1C3. The summed E-state index contributed by atoms with van der Waals surface area (Å²) in [5.41, 5.74) is -1.74. The Morgan fingerprint density at radius 1 is 1.08 bits per heavy atom. The highest BCUT2D eigenvalue weighted by Gasteiger charge is 2.48. The minimum atomic E-state index is -3.09. The minimum Gasteiger partial charge on any atom is -0.351 e. The van der Waals surface area contributed by atoms with E-state index < -0.39 is 41.7 Å². The molecule has 0 saturated heterocycles. The first-order valence-electron chi connectivity index (χ1n) is 8.95. The number of hydrogen-bond acceptors (Lipinski definition) is 2. The topological polar surface area (TPSA) is 46.9 Å². The fourth-order valence-corrected chi connectivity index (χ4v) is 5.77. The quantitative estimate of drug-likeness (QED) is 0.756. The van der Waals surface area contributed by atoms with Crippen LogP contribution in [0.2, 0.25) is 5.02 Å². The molecule has 1 N–H and O–H groups in total. The van der Waals surface area contributed by atoms with E-state index in [2.05, 4.69) is 10.4 Å². The molecule has 0 spiro atoms. The standard InChI is InChI=1S/C17H20ClF4N3O/c18-12-14(16(19)20)24-25(15(12)17(21)22)6-11(26)23-13-9-2-7-1-8(4-9)5-10(13)3-7/h7-10,13,16-17H,1-6H2,(H,23,26). The largest absolute Gasteiger partial charge is 0.351 e. The molecule has 1 heterocycles. The lowest BCUT2D eigenvalue weighted by Gasteiger charge is -2.54. The van der Waals surface area contributed by atoms with Gasteiger partial charge in [0, 0.05) is 6.04 Å². The molecule has 26 heavy (non-hydrogen) atoms. The molecule has 144 valence electrons. The predicted octanol–water partition coefficient (Wildman–Crippen LogP) is 4.35. The Bertz CT molecular complexity index is 680. The van der Waals surface area contributed by atoms with E-state index in [4.69, 9.17) is 11.6 Å². The van der Waals surface area contributed by atoms with E-state index in [0.717, 1.165) is 37.5 Å². The fraction of sp³-hybridized carbons (Fsp3) is 0.765. The van der Waals surface area contributed by atoms with Gasteiger partial charge < -0.3 is 5.32 Å². The van der Waals surface area contributed by atoms with Gasteiger partial charge in [-0.2, -0.15) is 5.10 Å². The highest BCUT2D eigenvalue weighted by atomic mass is 35.5. The first-order valence-corrected chi connectivity index (χ1v) is 9.33. The molecule has 4 nitrogen and oxygen atoms in total. The summed E-state index contributed by atoms with van der Waals surface area (Å²) in [7, 11) is 0. The van der Waals surface area contributed by atoms with Crippen molar-refractivity contribution in [1.29, 1.82) is 0 Å². The van der Waals surface area contributed by atoms with Gasteiger partial charge in [-0.3, -0.25) is 9.48 Å².